The molecule has 2 aromatic heterocycles. The fourth-order valence-corrected chi connectivity index (χ4v) is 3.53. The molecule has 2 atom stereocenters. The third-order valence-electron chi connectivity index (χ3n) is 3.57. The summed E-state index contributed by atoms with van der Waals surface area (Å²) in [6.07, 6.45) is 2.57. The third-order valence-corrected chi connectivity index (χ3v) is 4.39. The standard InChI is InChI=1S/C12H16IN5O/c1-19-5-8-2-7(4-15-8)10-3-9(13)11-12(14)16-6-17-18(10)11/h3,6-8,15H,2,4-5H2,1H3,(H2,14,16,17)/t7?,8-/m1/s1. The average molecular weight is 373 g/mol. The number of ether oxygens (including phenoxy) is 1. The molecule has 1 aliphatic rings. The number of anilines is 1. The lowest BCUT2D eigenvalue weighted by Crippen LogP contribution is -2.25. The van der Waals surface area contributed by atoms with Crippen LogP contribution in [0.5, 0.6) is 0 Å². The van der Waals surface area contributed by atoms with Gasteiger partial charge in [-0.2, -0.15) is 5.10 Å². The van der Waals surface area contributed by atoms with E-state index in [0.29, 0.717) is 17.8 Å². The van der Waals surface area contributed by atoms with Gasteiger partial charge in [0.2, 0.25) is 0 Å². The Morgan fingerprint density at radius 3 is 3.26 bits per heavy atom. The van der Waals surface area contributed by atoms with E-state index >= 15 is 0 Å². The van der Waals surface area contributed by atoms with Crippen LogP contribution in [0.2, 0.25) is 0 Å². The second kappa shape index (κ2) is 5.22. The van der Waals surface area contributed by atoms with Gasteiger partial charge in [0.1, 0.15) is 11.8 Å². The predicted octanol–water partition coefficient (Wildman–Crippen LogP) is 1.01. The zero-order chi connectivity index (χ0) is 13.4. The number of halogens is 1. The molecule has 0 amide bonds. The molecular formula is C12H16IN5O. The zero-order valence-corrected chi connectivity index (χ0v) is 12.8. The molecule has 1 unspecified atom stereocenters. The smallest absolute Gasteiger partial charge is 0.152 e. The van der Waals surface area contributed by atoms with Crippen molar-refractivity contribution in [2.24, 2.45) is 0 Å². The topological polar surface area (TPSA) is 77.5 Å². The van der Waals surface area contributed by atoms with Crippen molar-refractivity contribution in [1.29, 1.82) is 0 Å². The molecule has 0 aliphatic carbocycles. The van der Waals surface area contributed by atoms with Gasteiger partial charge in [0.25, 0.3) is 0 Å². The first-order valence-corrected chi connectivity index (χ1v) is 7.28. The molecule has 0 aromatic carbocycles. The molecule has 0 spiro atoms. The first-order valence-electron chi connectivity index (χ1n) is 6.20. The molecule has 0 radical (unpaired) electrons. The highest BCUT2D eigenvalue weighted by Gasteiger charge is 2.28. The predicted molar refractivity (Wildman–Crippen MR) is 81.1 cm³/mol. The van der Waals surface area contributed by atoms with E-state index < -0.39 is 0 Å². The van der Waals surface area contributed by atoms with Crippen molar-refractivity contribution in [2.45, 2.75) is 18.4 Å². The minimum absolute atomic E-state index is 0.414. The van der Waals surface area contributed by atoms with Crippen molar-refractivity contribution in [3.05, 3.63) is 21.7 Å². The van der Waals surface area contributed by atoms with Crippen molar-refractivity contribution >= 4 is 33.9 Å². The van der Waals surface area contributed by atoms with Crippen LogP contribution in [0.1, 0.15) is 18.0 Å². The number of nitrogens with one attached hydrogen (secondary N) is 1. The fourth-order valence-electron chi connectivity index (χ4n) is 2.71. The van der Waals surface area contributed by atoms with Gasteiger partial charge in [-0.3, -0.25) is 0 Å². The second-order valence-electron chi connectivity index (χ2n) is 4.82. The Morgan fingerprint density at radius 2 is 2.47 bits per heavy atom. The molecular weight excluding hydrogens is 357 g/mol. The zero-order valence-electron chi connectivity index (χ0n) is 10.6. The van der Waals surface area contributed by atoms with Crippen molar-refractivity contribution < 1.29 is 4.74 Å². The van der Waals surface area contributed by atoms with Crippen LogP contribution in [0.4, 0.5) is 5.82 Å². The summed E-state index contributed by atoms with van der Waals surface area (Å²) in [5.74, 6) is 0.968. The quantitative estimate of drug-likeness (QED) is 0.786. The first kappa shape index (κ1) is 13.1. The Labute approximate surface area is 124 Å². The molecule has 3 N–H and O–H groups in total. The Balaban J connectivity index is 1.96. The van der Waals surface area contributed by atoms with Gasteiger partial charge >= 0.3 is 0 Å². The summed E-state index contributed by atoms with van der Waals surface area (Å²) in [5.41, 5.74) is 8.04. The maximum Gasteiger partial charge on any atom is 0.152 e. The molecule has 0 bridgehead atoms. The molecule has 19 heavy (non-hydrogen) atoms. The lowest BCUT2D eigenvalue weighted by atomic mass is 10.0. The van der Waals surface area contributed by atoms with Crippen LogP contribution in [0.25, 0.3) is 5.52 Å². The van der Waals surface area contributed by atoms with E-state index in [1.165, 1.54) is 12.0 Å². The number of rotatable bonds is 3. The third kappa shape index (κ3) is 2.30. The fraction of sp³-hybridized carbons (Fsp3) is 0.500. The summed E-state index contributed by atoms with van der Waals surface area (Å²) in [4.78, 5) is 4.06. The molecule has 3 rings (SSSR count). The van der Waals surface area contributed by atoms with E-state index in [-0.39, 0.29) is 0 Å². The van der Waals surface area contributed by atoms with Crippen LogP contribution < -0.4 is 11.1 Å². The van der Waals surface area contributed by atoms with E-state index in [0.717, 1.165) is 28.7 Å². The maximum atomic E-state index is 5.93. The highest BCUT2D eigenvalue weighted by molar-refractivity contribution is 14.1. The Hall–Kier alpha value is -0.930. The van der Waals surface area contributed by atoms with E-state index in [1.807, 2.05) is 4.52 Å². The lowest BCUT2D eigenvalue weighted by Gasteiger charge is -2.09. The molecule has 1 aliphatic heterocycles. The molecule has 3 heterocycles. The van der Waals surface area contributed by atoms with Gasteiger partial charge in [0, 0.05) is 34.9 Å². The number of nitrogens with zero attached hydrogens (tertiary/aromatic N) is 3. The van der Waals surface area contributed by atoms with E-state index in [1.54, 1.807) is 7.11 Å². The van der Waals surface area contributed by atoms with Crippen LogP contribution in [0.15, 0.2) is 12.4 Å². The van der Waals surface area contributed by atoms with Crippen molar-refractivity contribution in [1.82, 2.24) is 19.9 Å². The van der Waals surface area contributed by atoms with Gasteiger partial charge in [-0.25, -0.2) is 9.50 Å². The van der Waals surface area contributed by atoms with Crippen LogP contribution in [0, 0.1) is 3.57 Å². The van der Waals surface area contributed by atoms with E-state index in [2.05, 4.69) is 44.1 Å². The summed E-state index contributed by atoms with van der Waals surface area (Å²) in [7, 11) is 1.73. The highest BCUT2D eigenvalue weighted by atomic mass is 127. The van der Waals surface area contributed by atoms with Crippen molar-refractivity contribution in [3.8, 4) is 0 Å². The lowest BCUT2D eigenvalue weighted by molar-refractivity contribution is 0.173. The number of methoxy groups -OCH3 is 1. The van der Waals surface area contributed by atoms with Crippen LogP contribution in [-0.4, -0.2) is 40.9 Å². The van der Waals surface area contributed by atoms with Gasteiger partial charge < -0.3 is 15.8 Å². The maximum absolute atomic E-state index is 5.93. The molecule has 1 saturated heterocycles. The number of nitrogen functional groups attached to an aromatic ring is 1. The van der Waals surface area contributed by atoms with Gasteiger partial charge in [0.05, 0.1) is 6.61 Å². The van der Waals surface area contributed by atoms with E-state index in [9.17, 15) is 0 Å². The Morgan fingerprint density at radius 1 is 1.63 bits per heavy atom. The molecule has 2 aromatic rings. The van der Waals surface area contributed by atoms with Gasteiger partial charge in [-0.05, 0) is 35.1 Å². The SMILES string of the molecule is COC[C@H]1CC(c2cc(I)c3c(N)ncnn23)CN1. The van der Waals surface area contributed by atoms with E-state index in [4.69, 9.17) is 10.5 Å². The average Bonchev–Trinajstić information content (AvgIpc) is 2.96. The monoisotopic (exact) mass is 373 g/mol. The van der Waals surface area contributed by atoms with Crippen molar-refractivity contribution in [2.75, 3.05) is 26.0 Å². The molecule has 7 heteroatoms. The number of aromatic nitrogens is 3. The second-order valence-corrected chi connectivity index (χ2v) is 5.98. The van der Waals surface area contributed by atoms with Gasteiger partial charge in [-0.15, -0.1) is 0 Å². The summed E-state index contributed by atoms with van der Waals surface area (Å²) >= 11 is 2.29. The normalized spacial score (nSPS) is 23.3. The number of fused-ring (bicyclic) bond motifs is 1. The van der Waals surface area contributed by atoms with Crippen LogP contribution >= 0.6 is 22.6 Å². The molecule has 0 saturated carbocycles. The summed E-state index contributed by atoms with van der Waals surface area (Å²) < 4.78 is 8.23. The molecule has 102 valence electrons. The largest absolute Gasteiger partial charge is 0.383 e. The minimum atomic E-state index is 0.414. The summed E-state index contributed by atoms with van der Waals surface area (Å²) in [5, 5.41) is 7.82. The van der Waals surface area contributed by atoms with Crippen LogP contribution in [-0.2, 0) is 4.74 Å². The van der Waals surface area contributed by atoms with Crippen LogP contribution in [0.3, 0.4) is 0 Å². The summed E-state index contributed by atoms with van der Waals surface area (Å²) in [6.45, 7) is 1.69. The number of hydrogen-bond donors (Lipinski definition) is 2. The highest BCUT2D eigenvalue weighted by Crippen LogP contribution is 2.31. The minimum Gasteiger partial charge on any atom is -0.383 e. The van der Waals surface area contributed by atoms with Crippen molar-refractivity contribution in [3.63, 3.8) is 0 Å². The number of hydrogen-bond acceptors (Lipinski definition) is 5. The van der Waals surface area contributed by atoms with Gasteiger partial charge in [-0.1, -0.05) is 0 Å². The number of nitrogens with two attached hydrogens (primary N) is 1. The van der Waals surface area contributed by atoms with Gasteiger partial charge in [0.15, 0.2) is 5.82 Å². The summed E-state index contributed by atoms with van der Waals surface area (Å²) in [6, 6.07) is 2.57. The first-order chi connectivity index (χ1) is 9.20. The Kier molecular flexibility index (Phi) is 3.59. The molecule has 6 nitrogen and oxygen atoms in total. The molecule has 1 fully saturated rings. The Bertz CT molecular complexity index is 599.